The number of nitrogens with one attached hydrogen (secondary N) is 3. The second-order valence-electron chi connectivity index (χ2n) is 4.70. The zero-order chi connectivity index (χ0) is 15.0. The Morgan fingerprint density at radius 2 is 1.70 bits per heavy atom. The van der Waals surface area contributed by atoms with Gasteiger partial charge < -0.3 is 16.4 Å². The van der Waals surface area contributed by atoms with E-state index in [0.717, 1.165) is 36.5 Å². The second kappa shape index (κ2) is 8.24. The minimum absolute atomic E-state index is 0.434. The summed E-state index contributed by atoms with van der Waals surface area (Å²) in [5.74, 6) is 0.434. The molecule has 110 valence electrons. The minimum atomic E-state index is 0.434. The average Bonchev–Trinajstić information content (AvgIpc) is 2.40. The number of benzene rings is 1. The van der Waals surface area contributed by atoms with E-state index in [-0.39, 0.29) is 0 Å². The van der Waals surface area contributed by atoms with E-state index in [1.807, 2.05) is 43.4 Å². The first kappa shape index (κ1) is 16.1. The highest BCUT2D eigenvalue weighted by Crippen LogP contribution is 2.16. The van der Waals surface area contributed by atoms with Gasteiger partial charge in [0.15, 0.2) is 0 Å². The standard InChI is InChI=1S/C15H25N5/c1-12(6-5-11-20(4)17-3)18-14-7-9-15(10-8-14)19-13(2)16/h7-10,17-19H,1-2,5-6,11,16H2,3-4H3. The van der Waals surface area contributed by atoms with Gasteiger partial charge in [0.25, 0.3) is 0 Å². The first-order valence-corrected chi connectivity index (χ1v) is 6.66. The van der Waals surface area contributed by atoms with Crippen LogP contribution in [0.3, 0.4) is 0 Å². The van der Waals surface area contributed by atoms with Crippen LogP contribution in [0.1, 0.15) is 12.8 Å². The fourth-order valence-corrected chi connectivity index (χ4v) is 1.73. The summed E-state index contributed by atoms with van der Waals surface area (Å²) in [6, 6.07) is 7.86. The van der Waals surface area contributed by atoms with E-state index < -0.39 is 0 Å². The van der Waals surface area contributed by atoms with Crippen molar-refractivity contribution in [2.24, 2.45) is 5.73 Å². The molecule has 1 rings (SSSR count). The van der Waals surface area contributed by atoms with Crippen molar-refractivity contribution in [1.82, 2.24) is 10.4 Å². The van der Waals surface area contributed by atoms with E-state index in [1.165, 1.54) is 0 Å². The Balaban J connectivity index is 2.36. The van der Waals surface area contributed by atoms with Gasteiger partial charge in [0.2, 0.25) is 0 Å². The van der Waals surface area contributed by atoms with Crippen molar-refractivity contribution in [3.63, 3.8) is 0 Å². The molecule has 0 atom stereocenters. The first-order valence-electron chi connectivity index (χ1n) is 6.66. The largest absolute Gasteiger partial charge is 0.386 e. The van der Waals surface area contributed by atoms with Gasteiger partial charge in [-0.15, -0.1) is 0 Å². The van der Waals surface area contributed by atoms with E-state index in [2.05, 4.69) is 29.2 Å². The Hall–Kier alpha value is -1.98. The van der Waals surface area contributed by atoms with Crippen LogP contribution in [0.25, 0.3) is 0 Å². The van der Waals surface area contributed by atoms with Gasteiger partial charge in [0.1, 0.15) is 0 Å². The number of hydrazine groups is 1. The average molecular weight is 275 g/mol. The molecule has 0 saturated carbocycles. The van der Waals surface area contributed by atoms with Gasteiger partial charge in [0.05, 0.1) is 5.82 Å². The van der Waals surface area contributed by atoms with Crippen LogP contribution in [-0.2, 0) is 0 Å². The number of allylic oxidation sites excluding steroid dienone is 1. The zero-order valence-corrected chi connectivity index (χ0v) is 12.4. The van der Waals surface area contributed by atoms with Crippen molar-refractivity contribution in [3.8, 4) is 0 Å². The molecule has 0 bridgehead atoms. The summed E-state index contributed by atoms with van der Waals surface area (Å²) in [6.07, 6.45) is 1.99. The Kier molecular flexibility index (Phi) is 6.63. The van der Waals surface area contributed by atoms with Gasteiger partial charge in [0, 0.05) is 30.7 Å². The van der Waals surface area contributed by atoms with Gasteiger partial charge >= 0.3 is 0 Å². The molecule has 5 nitrogen and oxygen atoms in total. The number of hydrogen-bond acceptors (Lipinski definition) is 5. The summed E-state index contributed by atoms with van der Waals surface area (Å²) in [6.45, 7) is 8.63. The fourth-order valence-electron chi connectivity index (χ4n) is 1.73. The molecule has 0 aromatic heterocycles. The summed E-state index contributed by atoms with van der Waals surface area (Å²) in [7, 11) is 3.94. The van der Waals surface area contributed by atoms with Crippen LogP contribution >= 0.6 is 0 Å². The summed E-state index contributed by atoms with van der Waals surface area (Å²) in [5.41, 5.74) is 11.5. The van der Waals surface area contributed by atoms with Crippen LogP contribution in [0.5, 0.6) is 0 Å². The van der Waals surface area contributed by atoms with Crippen LogP contribution in [0.2, 0.25) is 0 Å². The molecule has 20 heavy (non-hydrogen) atoms. The normalized spacial score (nSPS) is 10.3. The molecule has 0 aliphatic rings. The molecule has 0 fully saturated rings. The Labute approximate surface area is 121 Å². The molecule has 0 radical (unpaired) electrons. The fraction of sp³-hybridized carbons (Fsp3) is 0.333. The molecule has 5 heteroatoms. The molecule has 5 N–H and O–H groups in total. The minimum Gasteiger partial charge on any atom is -0.386 e. The third-order valence-corrected chi connectivity index (χ3v) is 2.86. The zero-order valence-electron chi connectivity index (χ0n) is 12.4. The molecule has 0 aliphatic heterocycles. The maximum atomic E-state index is 5.49. The highest BCUT2D eigenvalue weighted by molar-refractivity contribution is 5.57. The molecule has 0 saturated heterocycles. The summed E-state index contributed by atoms with van der Waals surface area (Å²) >= 11 is 0. The molecular weight excluding hydrogens is 250 g/mol. The monoisotopic (exact) mass is 275 g/mol. The third-order valence-electron chi connectivity index (χ3n) is 2.86. The molecule has 0 aliphatic carbocycles. The molecule has 0 unspecified atom stereocenters. The second-order valence-corrected chi connectivity index (χ2v) is 4.70. The molecule has 1 aromatic carbocycles. The number of nitrogens with two attached hydrogens (primary N) is 1. The Bertz CT molecular complexity index is 438. The van der Waals surface area contributed by atoms with Crippen molar-refractivity contribution in [3.05, 3.63) is 48.9 Å². The van der Waals surface area contributed by atoms with Crippen LogP contribution in [-0.4, -0.2) is 25.6 Å². The van der Waals surface area contributed by atoms with Crippen LogP contribution < -0.4 is 21.8 Å². The molecule has 0 heterocycles. The molecule has 0 amide bonds. The van der Waals surface area contributed by atoms with E-state index in [0.29, 0.717) is 5.82 Å². The predicted molar refractivity (Wildman–Crippen MR) is 87.1 cm³/mol. The topological polar surface area (TPSA) is 65.3 Å². The lowest BCUT2D eigenvalue weighted by Gasteiger charge is -2.15. The van der Waals surface area contributed by atoms with Gasteiger partial charge in [-0.25, -0.2) is 5.01 Å². The lowest BCUT2D eigenvalue weighted by Crippen LogP contribution is -2.31. The van der Waals surface area contributed by atoms with Crippen molar-refractivity contribution >= 4 is 11.4 Å². The van der Waals surface area contributed by atoms with Crippen molar-refractivity contribution in [1.29, 1.82) is 0 Å². The smallest absolute Gasteiger partial charge is 0.0930 e. The van der Waals surface area contributed by atoms with Gasteiger partial charge in [-0.2, -0.15) is 0 Å². The van der Waals surface area contributed by atoms with Crippen molar-refractivity contribution < 1.29 is 0 Å². The van der Waals surface area contributed by atoms with Gasteiger partial charge in [-0.3, -0.25) is 5.43 Å². The SMILES string of the molecule is C=C(N)Nc1ccc(NC(=C)CCCN(C)NC)cc1. The third kappa shape index (κ3) is 6.26. The molecule has 1 aromatic rings. The van der Waals surface area contributed by atoms with E-state index >= 15 is 0 Å². The first-order chi connectivity index (χ1) is 9.51. The lowest BCUT2D eigenvalue weighted by atomic mass is 10.2. The lowest BCUT2D eigenvalue weighted by molar-refractivity contribution is 0.257. The number of anilines is 2. The number of nitrogens with zero attached hydrogens (tertiary/aromatic N) is 1. The van der Waals surface area contributed by atoms with Crippen LogP contribution in [0, 0.1) is 0 Å². The summed E-state index contributed by atoms with van der Waals surface area (Å²) in [5, 5.41) is 8.31. The molecule has 0 spiro atoms. The Morgan fingerprint density at radius 1 is 1.15 bits per heavy atom. The van der Waals surface area contributed by atoms with Gasteiger partial charge in [-0.05, 0) is 44.2 Å². The van der Waals surface area contributed by atoms with Crippen LogP contribution in [0.15, 0.2) is 48.9 Å². The van der Waals surface area contributed by atoms with Gasteiger partial charge in [-0.1, -0.05) is 13.2 Å². The number of hydrogen-bond donors (Lipinski definition) is 4. The van der Waals surface area contributed by atoms with E-state index in [9.17, 15) is 0 Å². The maximum Gasteiger partial charge on any atom is 0.0930 e. The highest BCUT2D eigenvalue weighted by Gasteiger charge is 1.99. The van der Waals surface area contributed by atoms with Crippen molar-refractivity contribution in [2.75, 3.05) is 31.3 Å². The van der Waals surface area contributed by atoms with E-state index in [1.54, 1.807) is 0 Å². The Morgan fingerprint density at radius 3 is 2.20 bits per heavy atom. The highest BCUT2D eigenvalue weighted by atomic mass is 15.5. The maximum absolute atomic E-state index is 5.49. The number of rotatable bonds is 9. The quantitative estimate of drug-likeness (QED) is 0.521. The van der Waals surface area contributed by atoms with E-state index in [4.69, 9.17) is 5.73 Å². The summed E-state index contributed by atoms with van der Waals surface area (Å²) in [4.78, 5) is 0. The summed E-state index contributed by atoms with van der Waals surface area (Å²) < 4.78 is 0. The predicted octanol–water partition coefficient (Wildman–Crippen LogP) is 2.30. The molecular formula is C15H25N5. The van der Waals surface area contributed by atoms with Crippen LogP contribution in [0.4, 0.5) is 11.4 Å². The van der Waals surface area contributed by atoms with Crippen molar-refractivity contribution in [2.45, 2.75) is 12.8 Å².